The summed E-state index contributed by atoms with van der Waals surface area (Å²) in [4.78, 5) is 0. The lowest BCUT2D eigenvalue weighted by atomic mass is 9.87. The van der Waals surface area contributed by atoms with Gasteiger partial charge >= 0.3 is 0 Å². The highest BCUT2D eigenvalue weighted by Gasteiger charge is 2.38. The summed E-state index contributed by atoms with van der Waals surface area (Å²) in [6.07, 6.45) is 1.64. The zero-order valence-corrected chi connectivity index (χ0v) is 12.0. The molecule has 1 atom stereocenters. The quantitative estimate of drug-likeness (QED) is 0.827. The summed E-state index contributed by atoms with van der Waals surface area (Å²) in [5, 5.41) is 11.8. The van der Waals surface area contributed by atoms with E-state index in [-0.39, 0.29) is 0 Å². The van der Waals surface area contributed by atoms with Crippen molar-refractivity contribution in [3.63, 3.8) is 0 Å². The maximum Gasteiger partial charge on any atom is 0.115 e. The van der Waals surface area contributed by atoms with Crippen molar-refractivity contribution >= 4 is 11.6 Å². The van der Waals surface area contributed by atoms with Gasteiger partial charge in [-0.15, -0.1) is 0 Å². The Labute approximate surface area is 118 Å². The molecule has 0 spiro atoms. The van der Waals surface area contributed by atoms with Crippen molar-refractivity contribution in [2.24, 2.45) is 0 Å². The first-order valence-electron chi connectivity index (χ1n) is 6.60. The molecule has 19 heavy (non-hydrogen) atoms. The maximum atomic E-state index is 11.1. The van der Waals surface area contributed by atoms with E-state index < -0.39 is 5.60 Å². The van der Waals surface area contributed by atoms with Crippen LogP contribution in [0.5, 0.6) is 0 Å². The van der Waals surface area contributed by atoms with Gasteiger partial charge in [-0.2, -0.15) is 0 Å². The number of aryl methyl sites for hydroxylation is 3. The molecule has 0 amide bonds. The Hall–Kier alpha value is -1.31. The fourth-order valence-electron chi connectivity index (χ4n) is 2.89. The Morgan fingerprint density at radius 3 is 2.63 bits per heavy atom. The minimum atomic E-state index is -0.890. The van der Waals surface area contributed by atoms with Crippen molar-refractivity contribution in [3.05, 3.63) is 69.2 Å². The molecule has 98 valence electrons. The number of hydrogen-bond acceptors (Lipinski definition) is 1. The number of aliphatic hydroxyl groups is 1. The summed E-state index contributed by atoms with van der Waals surface area (Å²) in [5.41, 5.74) is 4.50. The van der Waals surface area contributed by atoms with E-state index in [0.29, 0.717) is 5.02 Å². The molecule has 0 saturated heterocycles. The lowest BCUT2D eigenvalue weighted by molar-refractivity contribution is 0.0829. The molecule has 1 aliphatic carbocycles. The van der Waals surface area contributed by atoms with Crippen molar-refractivity contribution in [1.29, 1.82) is 0 Å². The van der Waals surface area contributed by atoms with Gasteiger partial charge in [0.15, 0.2) is 0 Å². The lowest BCUT2D eigenvalue weighted by Crippen LogP contribution is -2.24. The molecule has 3 rings (SSSR count). The van der Waals surface area contributed by atoms with Gasteiger partial charge in [-0.25, -0.2) is 0 Å². The van der Waals surface area contributed by atoms with Gasteiger partial charge in [0.2, 0.25) is 0 Å². The van der Waals surface area contributed by atoms with E-state index in [1.807, 2.05) is 25.1 Å². The number of halogens is 1. The molecule has 0 saturated carbocycles. The average Bonchev–Trinajstić information content (AvgIpc) is 2.72. The second-order valence-corrected chi connectivity index (χ2v) is 5.89. The molecule has 2 heteroatoms. The lowest BCUT2D eigenvalue weighted by Gasteiger charge is -2.25. The summed E-state index contributed by atoms with van der Waals surface area (Å²) >= 11 is 6.20. The van der Waals surface area contributed by atoms with E-state index in [1.54, 1.807) is 0 Å². The molecule has 1 unspecified atom stereocenters. The average molecular weight is 273 g/mol. The summed E-state index contributed by atoms with van der Waals surface area (Å²) in [5.74, 6) is 0. The van der Waals surface area contributed by atoms with Gasteiger partial charge in [0.05, 0.1) is 0 Å². The van der Waals surface area contributed by atoms with Crippen molar-refractivity contribution in [3.8, 4) is 0 Å². The van der Waals surface area contributed by atoms with Crippen LogP contribution in [-0.2, 0) is 12.0 Å². The predicted molar refractivity (Wildman–Crippen MR) is 78.7 cm³/mol. The summed E-state index contributed by atoms with van der Waals surface area (Å²) in [7, 11) is 0. The Bertz CT molecular complexity index is 648. The van der Waals surface area contributed by atoms with Crippen LogP contribution in [0, 0.1) is 13.8 Å². The number of benzene rings is 2. The summed E-state index contributed by atoms with van der Waals surface area (Å²) < 4.78 is 0. The molecule has 1 aliphatic rings. The molecular weight excluding hydrogens is 256 g/mol. The maximum absolute atomic E-state index is 11.1. The van der Waals surface area contributed by atoms with Crippen molar-refractivity contribution in [2.45, 2.75) is 32.3 Å². The van der Waals surface area contributed by atoms with E-state index in [2.05, 4.69) is 25.1 Å². The van der Waals surface area contributed by atoms with Gasteiger partial charge in [0.1, 0.15) is 5.60 Å². The van der Waals surface area contributed by atoms with Gasteiger partial charge in [-0.05, 0) is 55.0 Å². The van der Waals surface area contributed by atoms with Gasteiger partial charge < -0.3 is 5.11 Å². The zero-order valence-electron chi connectivity index (χ0n) is 11.2. The summed E-state index contributed by atoms with van der Waals surface area (Å²) in [6.45, 7) is 4.03. The highest BCUT2D eigenvalue weighted by atomic mass is 35.5. The van der Waals surface area contributed by atoms with Crippen LogP contribution in [0.25, 0.3) is 0 Å². The third kappa shape index (κ3) is 1.98. The van der Waals surface area contributed by atoms with Crippen LogP contribution in [0.15, 0.2) is 36.4 Å². The second kappa shape index (κ2) is 4.36. The first-order valence-corrected chi connectivity index (χ1v) is 6.97. The molecular formula is C17H17ClO. The highest BCUT2D eigenvalue weighted by molar-refractivity contribution is 6.31. The van der Waals surface area contributed by atoms with Crippen LogP contribution in [0.4, 0.5) is 0 Å². The molecule has 1 N–H and O–H groups in total. The molecule has 2 aromatic carbocycles. The molecule has 0 radical (unpaired) electrons. The van der Waals surface area contributed by atoms with Crippen LogP contribution in [0.1, 0.15) is 34.2 Å². The van der Waals surface area contributed by atoms with Crippen LogP contribution in [-0.4, -0.2) is 5.11 Å². The topological polar surface area (TPSA) is 20.2 Å². The minimum absolute atomic E-state index is 0.715. The van der Waals surface area contributed by atoms with E-state index in [4.69, 9.17) is 11.6 Å². The largest absolute Gasteiger partial charge is 0.380 e. The van der Waals surface area contributed by atoms with Crippen LogP contribution >= 0.6 is 11.6 Å². The van der Waals surface area contributed by atoms with Crippen molar-refractivity contribution in [1.82, 2.24) is 0 Å². The van der Waals surface area contributed by atoms with Gasteiger partial charge in [-0.3, -0.25) is 0 Å². The van der Waals surface area contributed by atoms with E-state index in [9.17, 15) is 5.11 Å². The van der Waals surface area contributed by atoms with Gasteiger partial charge in [0.25, 0.3) is 0 Å². The summed E-state index contributed by atoms with van der Waals surface area (Å²) in [6, 6.07) is 12.2. The Morgan fingerprint density at radius 2 is 1.89 bits per heavy atom. The molecule has 0 aliphatic heterocycles. The molecule has 0 heterocycles. The normalized spacial score (nSPS) is 21.5. The Balaban J connectivity index is 2.15. The smallest absolute Gasteiger partial charge is 0.115 e. The third-order valence-corrected chi connectivity index (χ3v) is 4.52. The first kappa shape index (κ1) is 12.7. The van der Waals surface area contributed by atoms with Crippen molar-refractivity contribution in [2.75, 3.05) is 0 Å². The van der Waals surface area contributed by atoms with Crippen LogP contribution < -0.4 is 0 Å². The second-order valence-electron chi connectivity index (χ2n) is 5.48. The Kier molecular flexibility index (Phi) is 2.92. The van der Waals surface area contributed by atoms with E-state index >= 15 is 0 Å². The predicted octanol–water partition coefficient (Wildman–Crippen LogP) is 4.14. The number of fused-ring (bicyclic) bond motifs is 1. The third-order valence-electron chi connectivity index (χ3n) is 4.12. The first-order chi connectivity index (χ1) is 9.00. The standard InChI is InChI=1S/C17H17ClO/c1-11-3-5-13-7-8-17(19,15(13)9-11)14-6-4-12(2)16(18)10-14/h3-6,9-10,19H,7-8H2,1-2H3. The van der Waals surface area contributed by atoms with Crippen LogP contribution in [0.3, 0.4) is 0 Å². The van der Waals surface area contributed by atoms with Gasteiger partial charge in [-0.1, -0.05) is 47.5 Å². The molecule has 0 aromatic heterocycles. The molecule has 0 fully saturated rings. The molecule has 0 bridgehead atoms. The van der Waals surface area contributed by atoms with Crippen molar-refractivity contribution < 1.29 is 5.11 Å². The number of hydrogen-bond donors (Lipinski definition) is 1. The SMILES string of the molecule is Cc1ccc2c(c1)C(O)(c1ccc(C)c(Cl)c1)CC2. The highest BCUT2D eigenvalue weighted by Crippen LogP contribution is 2.43. The fourth-order valence-corrected chi connectivity index (χ4v) is 3.07. The monoisotopic (exact) mass is 272 g/mol. The zero-order chi connectivity index (χ0) is 13.6. The van der Waals surface area contributed by atoms with E-state index in [1.165, 1.54) is 11.1 Å². The van der Waals surface area contributed by atoms with Crippen LogP contribution in [0.2, 0.25) is 5.02 Å². The minimum Gasteiger partial charge on any atom is -0.380 e. The van der Waals surface area contributed by atoms with E-state index in [0.717, 1.165) is 29.5 Å². The molecule has 2 aromatic rings. The fraction of sp³-hybridized carbons (Fsp3) is 0.294. The molecule has 1 nitrogen and oxygen atoms in total. The van der Waals surface area contributed by atoms with Gasteiger partial charge in [0, 0.05) is 5.02 Å². The number of rotatable bonds is 1. The Morgan fingerprint density at radius 1 is 1.11 bits per heavy atom.